The molecule has 1 aromatic carbocycles. The molecule has 2 amide bonds. The molecule has 4 nitrogen and oxygen atoms in total. The van der Waals surface area contributed by atoms with E-state index in [1.165, 1.54) is 5.56 Å². The minimum atomic E-state index is -0.0977. The molecule has 22 heavy (non-hydrogen) atoms. The van der Waals surface area contributed by atoms with Crippen LogP contribution in [0.2, 0.25) is 0 Å². The maximum absolute atomic E-state index is 12.8. The molecular formula is C18H26N2O2. The highest BCUT2D eigenvalue weighted by Gasteiger charge is 2.29. The summed E-state index contributed by atoms with van der Waals surface area (Å²) in [6.45, 7) is 5.45. The minimum absolute atomic E-state index is 0.0185. The van der Waals surface area contributed by atoms with E-state index in [0.29, 0.717) is 13.1 Å². The molecule has 2 rings (SSSR count). The molecule has 1 aromatic rings. The molecule has 120 valence electrons. The van der Waals surface area contributed by atoms with Crippen LogP contribution < -0.4 is 0 Å². The molecule has 1 aliphatic rings. The van der Waals surface area contributed by atoms with Crippen LogP contribution in [0.1, 0.15) is 43.7 Å². The predicted molar refractivity (Wildman–Crippen MR) is 87.7 cm³/mol. The van der Waals surface area contributed by atoms with Crippen molar-refractivity contribution in [1.82, 2.24) is 9.80 Å². The largest absolute Gasteiger partial charge is 0.342 e. The normalized spacial score (nSPS) is 16.8. The van der Waals surface area contributed by atoms with E-state index in [4.69, 9.17) is 0 Å². The molecule has 0 aromatic heterocycles. The summed E-state index contributed by atoms with van der Waals surface area (Å²) in [5.74, 6) is -0.0166. The summed E-state index contributed by atoms with van der Waals surface area (Å²) in [6, 6.07) is 8.18. The first kappa shape index (κ1) is 16.5. The Balaban J connectivity index is 2.07. The van der Waals surface area contributed by atoms with E-state index in [9.17, 15) is 9.59 Å². The zero-order chi connectivity index (χ0) is 16.1. The summed E-state index contributed by atoms with van der Waals surface area (Å²) in [5, 5.41) is 0. The molecule has 0 N–H and O–H groups in total. The Morgan fingerprint density at radius 3 is 2.55 bits per heavy atom. The second kappa shape index (κ2) is 7.43. The van der Waals surface area contributed by atoms with Gasteiger partial charge in [0.25, 0.3) is 0 Å². The third-order valence-corrected chi connectivity index (χ3v) is 4.53. The van der Waals surface area contributed by atoms with Crippen LogP contribution in [0, 0.1) is 0 Å². The van der Waals surface area contributed by atoms with E-state index < -0.39 is 0 Å². The summed E-state index contributed by atoms with van der Waals surface area (Å²) in [5.41, 5.74) is 2.41. The highest BCUT2D eigenvalue weighted by atomic mass is 16.2. The highest BCUT2D eigenvalue weighted by molar-refractivity contribution is 5.88. The second-order valence-electron chi connectivity index (χ2n) is 5.90. The Kier molecular flexibility index (Phi) is 5.58. The Morgan fingerprint density at radius 1 is 1.18 bits per heavy atom. The summed E-state index contributed by atoms with van der Waals surface area (Å²) >= 11 is 0. The molecule has 4 heteroatoms. The van der Waals surface area contributed by atoms with Crippen LogP contribution in [0.3, 0.4) is 0 Å². The van der Waals surface area contributed by atoms with Crippen molar-refractivity contribution < 1.29 is 9.59 Å². The molecule has 1 aliphatic carbocycles. The van der Waals surface area contributed by atoms with E-state index in [-0.39, 0.29) is 24.3 Å². The molecule has 0 radical (unpaired) electrons. The zero-order valence-electron chi connectivity index (χ0n) is 13.8. The van der Waals surface area contributed by atoms with Gasteiger partial charge in [-0.3, -0.25) is 9.59 Å². The Labute approximate surface area is 133 Å². The molecule has 0 spiro atoms. The van der Waals surface area contributed by atoms with E-state index >= 15 is 0 Å². The Hall–Kier alpha value is -1.84. The minimum Gasteiger partial charge on any atom is -0.342 e. The van der Waals surface area contributed by atoms with Gasteiger partial charge in [0.15, 0.2) is 0 Å². The van der Waals surface area contributed by atoms with Crippen molar-refractivity contribution in [2.45, 2.75) is 39.0 Å². The second-order valence-corrected chi connectivity index (χ2v) is 5.90. The number of rotatable bonds is 5. The number of aryl methyl sites for hydroxylation is 1. The van der Waals surface area contributed by atoms with Crippen LogP contribution in [0.4, 0.5) is 0 Å². The number of nitrogens with zero attached hydrogens (tertiary/aromatic N) is 2. The molecule has 0 bridgehead atoms. The van der Waals surface area contributed by atoms with Gasteiger partial charge in [-0.15, -0.1) is 0 Å². The Morgan fingerprint density at radius 2 is 1.86 bits per heavy atom. The first-order valence-electron chi connectivity index (χ1n) is 8.19. The average Bonchev–Trinajstić information content (AvgIpc) is 2.54. The lowest BCUT2D eigenvalue weighted by Crippen LogP contribution is -2.42. The number of amides is 2. The van der Waals surface area contributed by atoms with Crippen LogP contribution in [-0.2, 0) is 16.0 Å². The smallest absolute Gasteiger partial charge is 0.242 e. The zero-order valence-corrected chi connectivity index (χ0v) is 13.8. The van der Waals surface area contributed by atoms with Gasteiger partial charge in [0.2, 0.25) is 11.8 Å². The molecule has 0 saturated heterocycles. The maximum Gasteiger partial charge on any atom is 0.242 e. The molecule has 1 unspecified atom stereocenters. The molecule has 0 saturated carbocycles. The van der Waals surface area contributed by atoms with Crippen molar-refractivity contribution in [3.8, 4) is 0 Å². The standard InChI is InChI=1S/C18H26N2O2/c1-4-20(5-2)17(21)13-19(3)18(22)16-12-8-10-14-9-6-7-11-15(14)16/h6-7,9,11,16H,4-5,8,10,12-13H2,1-3H3. The van der Waals surface area contributed by atoms with Gasteiger partial charge in [-0.25, -0.2) is 0 Å². The van der Waals surface area contributed by atoms with Crippen molar-refractivity contribution in [2.75, 3.05) is 26.7 Å². The summed E-state index contributed by atoms with van der Waals surface area (Å²) in [6.07, 6.45) is 2.95. The van der Waals surface area contributed by atoms with Gasteiger partial charge in [-0.2, -0.15) is 0 Å². The Bertz CT molecular complexity index is 538. The summed E-state index contributed by atoms with van der Waals surface area (Å²) in [4.78, 5) is 28.3. The first-order chi connectivity index (χ1) is 10.6. The number of hydrogen-bond acceptors (Lipinski definition) is 2. The van der Waals surface area contributed by atoms with Gasteiger partial charge in [-0.05, 0) is 44.2 Å². The molecule has 0 fully saturated rings. The molecular weight excluding hydrogens is 276 g/mol. The number of carbonyl (C=O) groups excluding carboxylic acids is 2. The average molecular weight is 302 g/mol. The molecule has 1 atom stereocenters. The number of fused-ring (bicyclic) bond motifs is 1. The fourth-order valence-electron chi connectivity index (χ4n) is 3.23. The fraction of sp³-hybridized carbons (Fsp3) is 0.556. The van der Waals surface area contributed by atoms with Gasteiger partial charge < -0.3 is 9.80 Å². The maximum atomic E-state index is 12.8. The van der Waals surface area contributed by atoms with E-state index in [0.717, 1.165) is 24.8 Å². The fourth-order valence-corrected chi connectivity index (χ4v) is 3.23. The van der Waals surface area contributed by atoms with Gasteiger partial charge in [0, 0.05) is 20.1 Å². The third kappa shape index (κ3) is 3.49. The van der Waals surface area contributed by atoms with Gasteiger partial charge in [-0.1, -0.05) is 24.3 Å². The summed E-state index contributed by atoms with van der Waals surface area (Å²) in [7, 11) is 1.74. The number of carbonyl (C=O) groups is 2. The quantitative estimate of drug-likeness (QED) is 0.838. The van der Waals surface area contributed by atoms with E-state index in [2.05, 4.69) is 12.1 Å². The molecule has 0 heterocycles. The van der Waals surface area contributed by atoms with Gasteiger partial charge in [0.05, 0.1) is 12.5 Å². The topological polar surface area (TPSA) is 40.6 Å². The third-order valence-electron chi connectivity index (χ3n) is 4.53. The monoisotopic (exact) mass is 302 g/mol. The van der Waals surface area contributed by atoms with Crippen LogP contribution in [0.25, 0.3) is 0 Å². The van der Waals surface area contributed by atoms with Crippen LogP contribution in [-0.4, -0.2) is 48.3 Å². The SMILES string of the molecule is CCN(CC)C(=O)CN(C)C(=O)C1CCCc2ccccc21. The summed E-state index contributed by atoms with van der Waals surface area (Å²) < 4.78 is 0. The van der Waals surface area contributed by atoms with E-state index in [1.807, 2.05) is 26.0 Å². The van der Waals surface area contributed by atoms with Crippen LogP contribution in [0.15, 0.2) is 24.3 Å². The van der Waals surface area contributed by atoms with Crippen molar-refractivity contribution in [3.63, 3.8) is 0 Å². The van der Waals surface area contributed by atoms with Gasteiger partial charge in [0.1, 0.15) is 0 Å². The van der Waals surface area contributed by atoms with Gasteiger partial charge >= 0.3 is 0 Å². The van der Waals surface area contributed by atoms with E-state index in [1.54, 1.807) is 16.8 Å². The van der Waals surface area contributed by atoms with Crippen molar-refractivity contribution >= 4 is 11.8 Å². The van der Waals surface area contributed by atoms with Crippen molar-refractivity contribution in [2.24, 2.45) is 0 Å². The van der Waals surface area contributed by atoms with Crippen LogP contribution >= 0.6 is 0 Å². The first-order valence-corrected chi connectivity index (χ1v) is 8.19. The number of likely N-dealkylation sites (N-methyl/N-ethyl adjacent to an activating group) is 2. The van der Waals surface area contributed by atoms with Crippen LogP contribution in [0.5, 0.6) is 0 Å². The molecule has 0 aliphatic heterocycles. The predicted octanol–water partition coefficient (Wildman–Crippen LogP) is 2.43. The highest BCUT2D eigenvalue weighted by Crippen LogP contribution is 2.32. The lowest BCUT2D eigenvalue weighted by atomic mass is 9.82. The number of hydrogen-bond donors (Lipinski definition) is 0. The van der Waals surface area contributed by atoms with Crippen molar-refractivity contribution in [3.05, 3.63) is 35.4 Å². The number of benzene rings is 1. The lowest BCUT2D eigenvalue weighted by molar-refractivity contribution is -0.140. The van der Waals surface area contributed by atoms with Crippen molar-refractivity contribution in [1.29, 1.82) is 0 Å². The lowest BCUT2D eigenvalue weighted by Gasteiger charge is -2.29.